The molecule has 4 amide bonds. The molecule has 54 heavy (non-hydrogen) atoms. The summed E-state index contributed by atoms with van der Waals surface area (Å²) in [7, 11) is -9.10. The molecule has 7 aromatic rings. The topological polar surface area (TPSA) is 169 Å². The van der Waals surface area contributed by atoms with Crippen LogP contribution in [0, 0.1) is 0 Å². The standard InChI is InChI=1S/C40H30N4O8S2/c45-39(43-37-22-5-12-27-10-1-3-20-35(27)37)41-29-14-7-16-31(24-29)51-53(47,48)33-18-9-19-34(26-33)54(49,50)52-32-17-8-15-30(25-32)42-40(46)44-38-23-6-13-28-11-2-4-21-36(28)38/h1-26H,(H2,41,43,45)(H2,42,44,46). The molecule has 0 atom stereocenters. The summed E-state index contributed by atoms with van der Waals surface area (Å²) in [6.45, 7) is 0. The molecule has 14 heteroatoms. The van der Waals surface area contributed by atoms with Gasteiger partial charge in [-0.15, -0.1) is 0 Å². The van der Waals surface area contributed by atoms with E-state index in [4.69, 9.17) is 8.37 Å². The van der Waals surface area contributed by atoms with Gasteiger partial charge in [-0.25, -0.2) is 9.59 Å². The van der Waals surface area contributed by atoms with Gasteiger partial charge in [0.1, 0.15) is 21.3 Å². The molecule has 270 valence electrons. The van der Waals surface area contributed by atoms with Crippen LogP contribution in [0.1, 0.15) is 0 Å². The van der Waals surface area contributed by atoms with Crippen molar-refractivity contribution in [3.05, 3.63) is 158 Å². The first-order valence-electron chi connectivity index (χ1n) is 16.3. The molecule has 0 aliphatic heterocycles. The fourth-order valence-corrected chi connectivity index (χ4v) is 7.64. The molecule has 12 nitrogen and oxygen atoms in total. The summed E-state index contributed by atoms with van der Waals surface area (Å²) >= 11 is 0. The van der Waals surface area contributed by atoms with Gasteiger partial charge in [-0.05, 0) is 65.4 Å². The van der Waals surface area contributed by atoms with Crippen molar-refractivity contribution < 1.29 is 34.8 Å². The summed E-state index contributed by atoms with van der Waals surface area (Å²) in [5, 5.41) is 14.5. The van der Waals surface area contributed by atoms with Gasteiger partial charge in [0.05, 0.1) is 11.4 Å². The van der Waals surface area contributed by atoms with E-state index in [0.29, 0.717) is 11.4 Å². The number of hydrogen-bond donors (Lipinski definition) is 4. The van der Waals surface area contributed by atoms with Crippen LogP contribution in [0.25, 0.3) is 21.5 Å². The third-order valence-corrected chi connectivity index (χ3v) is 10.5. The van der Waals surface area contributed by atoms with Gasteiger partial charge in [-0.1, -0.05) is 91.0 Å². The fourth-order valence-electron chi connectivity index (χ4n) is 5.62. The second-order valence-electron chi connectivity index (χ2n) is 11.8. The molecular formula is C40H30N4O8S2. The lowest BCUT2D eigenvalue weighted by Crippen LogP contribution is -2.19. The van der Waals surface area contributed by atoms with Crippen molar-refractivity contribution in [3.8, 4) is 11.5 Å². The first kappa shape index (κ1) is 35.5. The number of carbonyl (C=O) groups is 2. The number of nitrogens with one attached hydrogen (secondary N) is 4. The van der Waals surface area contributed by atoms with Gasteiger partial charge in [0.25, 0.3) is 0 Å². The summed E-state index contributed by atoms with van der Waals surface area (Å²) in [5.74, 6) is -0.257. The van der Waals surface area contributed by atoms with E-state index in [-0.39, 0.29) is 22.9 Å². The van der Waals surface area contributed by atoms with Crippen LogP contribution in [-0.2, 0) is 20.2 Å². The van der Waals surface area contributed by atoms with E-state index in [0.717, 1.165) is 27.6 Å². The average Bonchev–Trinajstić information content (AvgIpc) is 3.15. The van der Waals surface area contributed by atoms with Gasteiger partial charge < -0.3 is 29.6 Å². The van der Waals surface area contributed by atoms with Gasteiger partial charge in [-0.3, -0.25) is 0 Å². The molecular weight excluding hydrogens is 729 g/mol. The van der Waals surface area contributed by atoms with E-state index in [1.54, 1.807) is 24.3 Å². The number of benzene rings is 7. The zero-order chi connectivity index (χ0) is 37.7. The van der Waals surface area contributed by atoms with Crippen molar-refractivity contribution in [2.75, 3.05) is 21.3 Å². The van der Waals surface area contributed by atoms with Crippen LogP contribution in [0.4, 0.5) is 32.3 Å². The molecule has 0 aliphatic carbocycles. The summed E-state index contributed by atoms with van der Waals surface area (Å²) in [5.41, 5.74) is 1.66. The number of amides is 4. The quantitative estimate of drug-likeness (QED) is 0.100. The van der Waals surface area contributed by atoms with Crippen LogP contribution >= 0.6 is 0 Å². The minimum atomic E-state index is -4.55. The maximum Gasteiger partial charge on any atom is 0.339 e. The van der Waals surface area contributed by atoms with Gasteiger partial charge in [0.2, 0.25) is 0 Å². The summed E-state index contributed by atoms with van der Waals surface area (Å²) in [6, 6.07) is 40.9. The monoisotopic (exact) mass is 758 g/mol. The molecule has 0 radical (unpaired) electrons. The number of anilines is 4. The number of carbonyl (C=O) groups excluding carboxylic acids is 2. The molecule has 0 spiro atoms. The number of urea groups is 2. The summed E-state index contributed by atoms with van der Waals surface area (Å²) < 4.78 is 63.8. The Kier molecular flexibility index (Phi) is 9.85. The zero-order valence-electron chi connectivity index (χ0n) is 28.1. The Morgan fingerprint density at radius 1 is 0.407 bits per heavy atom. The van der Waals surface area contributed by atoms with Crippen molar-refractivity contribution >= 4 is 76.6 Å². The van der Waals surface area contributed by atoms with E-state index < -0.39 is 42.1 Å². The first-order chi connectivity index (χ1) is 26.0. The van der Waals surface area contributed by atoms with Crippen LogP contribution in [0.3, 0.4) is 0 Å². The Morgan fingerprint density at radius 3 is 1.26 bits per heavy atom. The minimum absolute atomic E-state index is 0.128. The Hall–Kier alpha value is -6.90. The molecule has 0 unspecified atom stereocenters. The zero-order valence-corrected chi connectivity index (χ0v) is 29.7. The van der Waals surface area contributed by atoms with Crippen LogP contribution in [0.5, 0.6) is 11.5 Å². The third-order valence-electron chi connectivity index (χ3n) is 8.05. The fraction of sp³-hybridized carbons (Fsp3) is 0. The average molecular weight is 759 g/mol. The largest absolute Gasteiger partial charge is 0.379 e. The molecule has 0 aromatic heterocycles. The normalized spacial score (nSPS) is 11.4. The Labute approximate surface area is 310 Å². The molecule has 4 N–H and O–H groups in total. The van der Waals surface area contributed by atoms with Crippen molar-refractivity contribution in [1.29, 1.82) is 0 Å². The lowest BCUT2D eigenvalue weighted by molar-refractivity contribution is 0.261. The molecule has 0 saturated heterocycles. The number of fused-ring (bicyclic) bond motifs is 2. The van der Waals surface area contributed by atoms with Crippen molar-refractivity contribution in [2.24, 2.45) is 0 Å². The highest BCUT2D eigenvalue weighted by Gasteiger charge is 2.23. The Bertz CT molecular complexity index is 2580. The van der Waals surface area contributed by atoms with Crippen LogP contribution in [0.15, 0.2) is 168 Å². The predicted octanol–water partition coefficient (Wildman–Crippen LogP) is 8.82. The predicted molar refractivity (Wildman–Crippen MR) is 208 cm³/mol. The third kappa shape index (κ3) is 8.25. The highest BCUT2D eigenvalue weighted by molar-refractivity contribution is 7.88. The van der Waals surface area contributed by atoms with E-state index in [9.17, 15) is 26.4 Å². The van der Waals surface area contributed by atoms with Crippen molar-refractivity contribution in [3.63, 3.8) is 0 Å². The van der Waals surface area contributed by atoms with E-state index >= 15 is 0 Å². The van der Waals surface area contributed by atoms with E-state index in [1.807, 2.05) is 72.8 Å². The van der Waals surface area contributed by atoms with Crippen LogP contribution in [-0.4, -0.2) is 28.9 Å². The lowest BCUT2D eigenvalue weighted by atomic mass is 10.1. The van der Waals surface area contributed by atoms with Gasteiger partial charge in [0.15, 0.2) is 0 Å². The molecule has 0 bridgehead atoms. The Morgan fingerprint density at radius 2 is 0.796 bits per heavy atom. The maximum atomic E-state index is 13.3. The molecule has 7 aromatic carbocycles. The maximum absolute atomic E-state index is 13.3. The molecule has 0 saturated carbocycles. The van der Waals surface area contributed by atoms with Crippen LogP contribution in [0.2, 0.25) is 0 Å². The van der Waals surface area contributed by atoms with Crippen LogP contribution < -0.4 is 29.6 Å². The van der Waals surface area contributed by atoms with E-state index in [2.05, 4.69) is 21.3 Å². The summed E-state index contributed by atoms with van der Waals surface area (Å²) in [4.78, 5) is 24.7. The van der Waals surface area contributed by atoms with Crippen molar-refractivity contribution in [2.45, 2.75) is 9.79 Å². The SMILES string of the molecule is O=C(Nc1cccc(OS(=O)(=O)c2cccc(S(=O)(=O)Oc3cccc(NC(=O)Nc4cccc5ccccc45)c3)c2)c1)Nc1cccc2ccccc12. The highest BCUT2D eigenvalue weighted by atomic mass is 32.2. The van der Waals surface area contributed by atoms with Gasteiger partial charge in [0, 0.05) is 34.3 Å². The number of hydrogen-bond acceptors (Lipinski definition) is 8. The number of rotatable bonds is 10. The lowest BCUT2D eigenvalue weighted by Gasteiger charge is -2.13. The summed E-state index contributed by atoms with van der Waals surface area (Å²) in [6.07, 6.45) is 0. The first-order valence-corrected chi connectivity index (χ1v) is 19.1. The minimum Gasteiger partial charge on any atom is -0.379 e. The van der Waals surface area contributed by atoms with Crippen molar-refractivity contribution in [1.82, 2.24) is 0 Å². The van der Waals surface area contributed by atoms with Gasteiger partial charge in [-0.2, -0.15) is 16.8 Å². The highest BCUT2D eigenvalue weighted by Crippen LogP contribution is 2.28. The smallest absolute Gasteiger partial charge is 0.339 e. The molecule has 7 rings (SSSR count). The molecule has 0 aliphatic rings. The molecule has 0 fully saturated rings. The molecule has 0 heterocycles. The second-order valence-corrected chi connectivity index (χ2v) is 14.9. The second kappa shape index (κ2) is 15.0. The van der Waals surface area contributed by atoms with E-state index in [1.165, 1.54) is 54.6 Å². The van der Waals surface area contributed by atoms with Gasteiger partial charge >= 0.3 is 32.3 Å². The Balaban J connectivity index is 1.00.